The third-order valence-corrected chi connectivity index (χ3v) is 4.62. The fourth-order valence-electron chi connectivity index (χ4n) is 2.08. The van der Waals surface area contributed by atoms with Crippen LogP contribution in [0.4, 0.5) is 0 Å². The molecule has 0 atom stereocenters. The predicted molar refractivity (Wildman–Crippen MR) is 95.0 cm³/mol. The van der Waals surface area contributed by atoms with Crippen molar-refractivity contribution in [2.24, 2.45) is 0 Å². The van der Waals surface area contributed by atoms with Gasteiger partial charge in [-0.15, -0.1) is 11.3 Å². The molecule has 3 aromatic rings. The summed E-state index contributed by atoms with van der Waals surface area (Å²) in [6, 6.07) is 5.41. The molecule has 0 aliphatic rings. The molecular formula is C16H13ClN4O3S. The number of benzene rings is 1. The third-order valence-electron chi connectivity index (χ3n) is 3.43. The van der Waals surface area contributed by atoms with E-state index in [0.717, 1.165) is 11.1 Å². The number of amides is 1. The SMILES string of the molecule is Cc1ccc(CNC(=O)c2nc(-c3nccs3)[nH]c(=O)c2O)cc1Cl. The lowest BCUT2D eigenvalue weighted by Crippen LogP contribution is -2.26. The summed E-state index contributed by atoms with van der Waals surface area (Å²) in [6.45, 7) is 2.06. The Morgan fingerprint density at radius 2 is 2.24 bits per heavy atom. The molecule has 128 valence electrons. The van der Waals surface area contributed by atoms with Crippen LogP contribution in [0.15, 0.2) is 34.6 Å². The second kappa shape index (κ2) is 7.04. The van der Waals surface area contributed by atoms with Gasteiger partial charge in [0.15, 0.2) is 16.5 Å². The molecule has 0 bridgehead atoms. The lowest BCUT2D eigenvalue weighted by atomic mass is 10.1. The second-order valence-electron chi connectivity index (χ2n) is 5.22. The number of aromatic nitrogens is 3. The van der Waals surface area contributed by atoms with Crippen LogP contribution < -0.4 is 10.9 Å². The van der Waals surface area contributed by atoms with Crippen molar-refractivity contribution < 1.29 is 9.90 Å². The van der Waals surface area contributed by atoms with E-state index in [1.165, 1.54) is 11.3 Å². The van der Waals surface area contributed by atoms with E-state index in [1.54, 1.807) is 17.6 Å². The van der Waals surface area contributed by atoms with Gasteiger partial charge in [0, 0.05) is 23.1 Å². The first-order valence-electron chi connectivity index (χ1n) is 7.22. The molecule has 0 unspecified atom stereocenters. The zero-order valence-electron chi connectivity index (χ0n) is 13.0. The predicted octanol–water partition coefficient (Wildman–Crippen LogP) is 2.49. The molecule has 0 fully saturated rings. The quantitative estimate of drug-likeness (QED) is 0.648. The number of nitrogens with zero attached hydrogens (tertiary/aromatic N) is 2. The summed E-state index contributed by atoms with van der Waals surface area (Å²) in [7, 11) is 0. The average Bonchev–Trinajstić information content (AvgIpc) is 3.12. The first kappa shape index (κ1) is 17.1. The number of carbonyl (C=O) groups is 1. The Morgan fingerprint density at radius 3 is 2.92 bits per heavy atom. The lowest BCUT2D eigenvalue weighted by Gasteiger charge is -2.08. The molecule has 3 rings (SSSR count). The van der Waals surface area contributed by atoms with E-state index in [9.17, 15) is 14.7 Å². The topological polar surface area (TPSA) is 108 Å². The number of halogens is 1. The molecule has 25 heavy (non-hydrogen) atoms. The molecule has 0 saturated heterocycles. The van der Waals surface area contributed by atoms with Crippen LogP contribution in [0.3, 0.4) is 0 Å². The van der Waals surface area contributed by atoms with Gasteiger partial charge in [-0.25, -0.2) is 9.97 Å². The van der Waals surface area contributed by atoms with E-state index in [2.05, 4.69) is 20.3 Å². The molecule has 0 saturated carbocycles. The maximum absolute atomic E-state index is 12.3. The first-order chi connectivity index (χ1) is 12.0. The van der Waals surface area contributed by atoms with Gasteiger partial charge in [0.05, 0.1) is 0 Å². The van der Waals surface area contributed by atoms with Gasteiger partial charge in [-0.05, 0) is 24.1 Å². The van der Waals surface area contributed by atoms with Crippen LogP contribution >= 0.6 is 22.9 Å². The molecule has 1 aromatic carbocycles. The van der Waals surface area contributed by atoms with Crippen LogP contribution in [0.1, 0.15) is 21.6 Å². The van der Waals surface area contributed by atoms with E-state index >= 15 is 0 Å². The van der Waals surface area contributed by atoms with E-state index in [4.69, 9.17) is 11.6 Å². The molecule has 2 heterocycles. The highest BCUT2D eigenvalue weighted by Gasteiger charge is 2.19. The Morgan fingerprint density at radius 1 is 1.44 bits per heavy atom. The van der Waals surface area contributed by atoms with Crippen molar-refractivity contribution in [3.8, 4) is 16.6 Å². The van der Waals surface area contributed by atoms with Crippen molar-refractivity contribution in [2.75, 3.05) is 0 Å². The zero-order valence-corrected chi connectivity index (χ0v) is 14.6. The summed E-state index contributed by atoms with van der Waals surface area (Å²) in [5, 5.41) is 15.2. The fourth-order valence-corrected chi connectivity index (χ4v) is 2.86. The van der Waals surface area contributed by atoms with Crippen LogP contribution in [-0.2, 0) is 6.54 Å². The molecule has 7 nitrogen and oxygen atoms in total. The molecule has 1 amide bonds. The zero-order chi connectivity index (χ0) is 18.0. The van der Waals surface area contributed by atoms with E-state index < -0.39 is 17.2 Å². The molecule has 0 aliphatic carbocycles. The third kappa shape index (κ3) is 3.70. The summed E-state index contributed by atoms with van der Waals surface area (Å²) in [5.41, 5.74) is 0.558. The summed E-state index contributed by atoms with van der Waals surface area (Å²) >= 11 is 7.31. The molecule has 0 spiro atoms. The summed E-state index contributed by atoms with van der Waals surface area (Å²) < 4.78 is 0. The Hall–Kier alpha value is -2.71. The van der Waals surface area contributed by atoms with Crippen molar-refractivity contribution in [1.82, 2.24) is 20.3 Å². The van der Waals surface area contributed by atoms with Gasteiger partial charge >= 0.3 is 0 Å². The number of aromatic amines is 1. The minimum Gasteiger partial charge on any atom is -0.501 e. The molecular weight excluding hydrogens is 364 g/mol. The highest BCUT2D eigenvalue weighted by molar-refractivity contribution is 7.13. The standard InChI is InChI=1S/C16H13ClN4O3S/c1-8-2-3-9(6-10(8)17)7-19-14(23)11-12(22)15(24)21-13(20-11)16-18-4-5-25-16/h2-6,22H,7H2,1H3,(H,19,23)(H,20,21,24). The molecule has 0 aliphatic heterocycles. The van der Waals surface area contributed by atoms with Gasteiger partial charge in [-0.1, -0.05) is 23.7 Å². The Bertz CT molecular complexity index is 986. The largest absolute Gasteiger partial charge is 0.501 e. The van der Waals surface area contributed by atoms with Gasteiger partial charge in [-0.2, -0.15) is 0 Å². The minimum atomic E-state index is -0.802. The number of hydrogen-bond donors (Lipinski definition) is 3. The number of thiazole rings is 1. The number of aryl methyl sites for hydroxylation is 1. The molecule has 9 heteroatoms. The lowest BCUT2D eigenvalue weighted by molar-refractivity contribution is 0.0942. The normalized spacial score (nSPS) is 10.6. The average molecular weight is 377 g/mol. The number of H-pyrrole nitrogens is 1. The summed E-state index contributed by atoms with van der Waals surface area (Å²) in [6.07, 6.45) is 1.55. The summed E-state index contributed by atoms with van der Waals surface area (Å²) in [4.78, 5) is 34.6. The number of aromatic hydroxyl groups is 1. The van der Waals surface area contributed by atoms with Gasteiger partial charge in [-0.3, -0.25) is 9.59 Å². The smallest absolute Gasteiger partial charge is 0.294 e. The van der Waals surface area contributed by atoms with Gasteiger partial charge in [0.2, 0.25) is 5.75 Å². The van der Waals surface area contributed by atoms with E-state index in [-0.39, 0.29) is 18.1 Å². The number of nitrogens with one attached hydrogen (secondary N) is 2. The van der Waals surface area contributed by atoms with Crippen molar-refractivity contribution in [3.63, 3.8) is 0 Å². The highest BCUT2D eigenvalue weighted by Crippen LogP contribution is 2.19. The Balaban J connectivity index is 1.84. The van der Waals surface area contributed by atoms with Crippen LogP contribution in [0, 0.1) is 6.92 Å². The maximum Gasteiger partial charge on any atom is 0.294 e. The van der Waals surface area contributed by atoms with E-state index in [0.29, 0.717) is 10.0 Å². The number of rotatable bonds is 4. The minimum absolute atomic E-state index is 0.126. The molecule has 0 radical (unpaired) electrons. The summed E-state index contributed by atoms with van der Waals surface area (Å²) in [5.74, 6) is -1.28. The molecule has 2 aromatic heterocycles. The van der Waals surface area contributed by atoms with Gasteiger partial charge in [0.1, 0.15) is 0 Å². The van der Waals surface area contributed by atoms with Crippen molar-refractivity contribution >= 4 is 28.8 Å². The van der Waals surface area contributed by atoms with Crippen LogP contribution in [0.2, 0.25) is 5.02 Å². The fraction of sp³-hybridized carbons (Fsp3) is 0.125. The number of carbonyl (C=O) groups excluding carboxylic acids is 1. The monoisotopic (exact) mass is 376 g/mol. The van der Waals surface area contributed by atoms with Crippen molar-refractivity contribution in [2.45, 2.75) is 13.5 Å². The van der Waals surface area contributed by atoms with Crippen molar-refractivity contribution in [1.29, 1.82) is 0 Å². The van der Waals surface area contributed by atoms with Crippen LogP contribution in [0.25, 0.3) is 10.8 Å². The van der Waals surface area contributed by atoms with Crippen molar-refractivity contribution in [3.05, 3.63) is 62.0 Å². The Labute approximate surface area is 151 Å². The van der Waals surface area contributed by atoms with Crippen LogP contribution in [0.5, 0.6) is 5.75 Å². The second-order valence-corrected chi connectivity index (χ2v) is 6.52. The maximum atomic E-state index is 12.3. The molecule has 3 N–H and O–H groups in total. The number of hydrogen-bond acceptors (Lipinski definition) is 6. The van der Waals surface area contributed by atoms with E-state index in [1.807, 2.05) is 19.1 Å². The van der Waals surface area contributed by atoms with Gasteiger partial charge < -0.3 is 15.4 Å². The van der Waals surface area contributed by atoms with Crippen LogP contribution in [-0.4, -0.2) is 26.0 Å². The van der Waals surface area contributed by atoms with Gasteiger partial charge in [0.25, 0.3) is 11.5 Å². The highest BCUT2D eigenvalue weighted by atomic mass is 35.5. The first-order valence-corrected chi connectivity index (χ1v) is 8.48. The Kier molecular flexibility index (Phi) is 4.82.